The third-order valence-electron chi connectivity index (χ3n) is 3.91. The Morgan fingerprint density at radius 2 is 1.88 bits per heavy atom. The van der Waals surface area contributed by atoms with Gasteiger partial charge in [0.15, 0.2) is 6.10 Å². The first-order valence-corrected chi connectivity index (χ1v) is 8.49. The van der Waals surface area contributed by atoms with Crippen LogP contribution in [0.4, 0.5) is 0 Å². The van der Waals surface area contributed by atoms with E-state index in [4.69, 9.17) is 4.74 Å². The van der Waals surface area contributed by atoms with Crippen LogP contribution in [0, 0.1) is 6.92 Å². The summed E-state index contributed by atoms with van der Waals surface area (Å²) < 4.78 is 5.69. The molecule has 0 aliphatic rings. The summed E-state index contributed by atoms with van der Waals surface area (Å²) in [6.45, 7) is 4.03. The quantitative estimate of drug-likeness (QED) is 0.741. The molecule has 0 aliphatic heterocycles. The van der Waals surface area contributed by atoms with E-state index >= 15 is 0 Å². The Morgan fingerprint density at radius 1 is 1.08 bits per heavy atom. The molecule has 5 heteroatoms. The molecule has 1 atom stereocenters. The fourth-order valence-electron chi connectivity index (χ4n) is 2.53. The van der Waals surface area contributed by atoms with Gasteiger partial charge >= 0.3 is 0 Å². The molecule has 0 fully saturated rings. The molecule has 2 aromatic carbocycles. The molecular weight excluding hydrogens is 326 g/mol. The van der Waals surface area contributed by atoms with E-state index in [0.29, 0.717) is 12.3 Å². The molecular formula is C21H21N3O2. The third-order valence-corrected chi connectivity index (χ3v) is 3.91. The molecule has 0 aliphatic carbocycles. The minimum absolute atomic E-state index is 0.189. The van der Waals surface area contributed by atoms with Crippen molar-refractivity contribution in [3.05, 3.63) is 78.2 Å². The highest BCUT2D eigenvalue weighted by Crippen LogP contribution is 2.16. The number of ether oxygens (including phenoxy) is 1. The van der Waals surface area contributed by atoms with Gasteiger partial charge in [0, 0.05) is 5.56 Å². The average Bonchev–Trinajstić information content (AvgIpc) is 2.67. The van der Waals surface area contributed by atoms with Gasteiger partial charge in [-0.15, -0.1) is 0 Å². The topological polar surface area (TPSA) is 64.1 Å². The largest absolute Gasteiger partial charge is 0.481 e. The van der Waals surface area contributed by atoms with Gasteiger partial charge in [0.2, 0.25) is 0 Å². The predicted molar refractivity (Wildman–Crippen MR) is 101 cm³/mol. The normalized spacial score (nSPS) is 11.6. The Bertz CT molecular complexity index is 881. The second-order valence-electron chi connectivity index (χ2n) is 6.06. The van der Waals surface area contributed by atoms with Gasteiger partial charge in [0.1, 0.15) is 12.1 Å². The van der Waals surface area contributed by atoms with E-state index in [1.807, 2.05) is 67.6 Å². The first kappa shape index (κ1) is 17.6. The maximum atomic E-state index is 12.3. The van der Waals surface area contributed by atoms with E-state index in [9.17, 15) is 4.79 Å². The van der Waals surface area contributed by atoms with Crippen molar-refractivity contribution in [2.75, 3.05) is 0 Å². The van der Waals surface area contributed by atoms with Crippen molar-refractivity contribution in [3.8, 4) is 17.0 Å². The van der Waals surface area contributed by atoms with Crippen LogP contribution in [0.1, 0.15) is 18.2 Å². The van der Waals surface area contributed by atoms with Gasteiger partial charge in [-0.3, -0.25) is 4.79 Å². The summed E-state index contributed by atoms with van der Waals surface area (Å²) in [6, 6.07) is 19.4. The van der Waals surface area contributed by atoms with E-state index in [1.165, 1.54) is 6.33 Å². The summed E-state index contributed by atoms with van der Waals surface area (Å²) in [5.74, 6) is 0.493. The lowest BCUT2D eigenvalue weighted by atomic mass is 10.1. The van der Waals surface area contributed by atoms with E-state index in [1.54, 1.807) is 6.92 Å². The number of aryl methyl sites for hydroxylation is 1. The number of aromatic nitrogens is 2. The van der Waals surface area contributed by atoms with Crippen LogP contribution in [0.25, 0.3) is 11.3 Å². The highest BCUT2D eigenvalue weighted by atomic mass is 16.5. The smallest absolute Gasteiger partial charge is 0.261 e. The van der Waals surface area contributed by atoms with Crippen LogP contribution < -0.4 is 10.1 Å². The van der Waals surface area contributed by atoms with Crippen LogP contribution in [0.3, 0.4) is 0 Å². The molecule has 1 aromatic heterocycles. The minimum atomic E-state index is -0.591. The lowest BCUT2D eigenvalue weighted by Gasteiger charge is -2.15. The van der Waals surface area contributed by atoms with Crippen molar-refractivity contribution in [2.45, 2.75) is 26.5 Å². The number of carbonyl (C=O) groups is 1. The lowest BCUT2D eigenvalue weighted by molar-refractivity contribution is -0.127. The van der Waals surface area contributed by atoms with Crippen molar-refractivity contribution in [1.29, 1.82) is 0 Å². The first-order chi connectivity index (χ1) is 12.6. The molecule has 0 radical (unpaired) electrons. The maximum absolute atomic E-state index is 12.3. The Labute approximate surface area is 153 Å². The van der Waals surface area contributed by atoms with Gasteiger partial charge in [-0.05, 0) is 37.6 Å². The highest BCUT2D eigenvalue weighted by molar-refractivity contribution is 5.80. The van der Waals surface area contributed by atoms with Crippen molar-refractivity contribution < 1.29 is 9.53 Å². The zero-order valence-corrected chi connectivity index (χ0v) is 14.8. The number of hydrogen-bond acceptors (Lipinski definition) is 4. The standard InChI is InChI=1S/C21H21N3O2/c1-15-7-6-10-19(11-15)26-16(2)21(25)22-13-18-12-20(24-14-23-18)17-8-4-3-5-9-17/h3-12,14,16H,13H2,1-2H3,(H,22,25). The summed E-state index contributed by atoms with van der Waals surface area (Å²) in [5, 5.41) is 2.86. The molecule has 5 nitrogen and oxygen atoms in total. The van der Waals surface area contributed by atoms with Crippen molar-refractivity contribution in [3.63, 3.8) is 0 Å². The summed E-state index contributed by atoms with van der Waals surface area (Å²) in [7, 11) is 0. The summed E-state index contributed by atoms with van der Waals surface area (Å²) in [4.78, 5) is 20.8. The molecule has 1 heterocycles. The maximum Gasteiger partial charge on any atom is 0.261 e. The van der Waals surface area contributed by atoms with Crippen molar-refractivity contribution in [2.24, 2.45) is 0 Å². The highest BCUT2D eigenvalue weighted by Gasteiger charge is 2.14. The Balaban J connectivity index is 1.59. The number of carbonyl (C=O) groups excluding carboxylic acids is 1. The van der Waals surface area contributed by atoms with Gasteiger partial charge < -0.3 is 10.1 Å². The molecule has 0 saturated heterocycles. The SMILES string of the molecule is Cc1cccc(OC(C)C(=O)NCc2cc(-c3ccccc3)ncn2)c1. The predicted octanol–water partition coefficient (Wildman–Crippen LogP) is 3.54. The third kappa shape index (κ3) is 4.66. The van der Waals surface area contributed by atoms with Crippen molar-refractivity contribution >= 4 is 5.91 Å². The number of hydrogen-bond donors (Lipinski definition) is 1. The Hall–Kier alpha value is -3.21. The first-order valence-electron chi connectivity index (χ1n) is 8.49. The summed E-state index contributed by atoms with van der Waals surface area (Å²) >= 11 is 0. The second kappa shape index (κ2) is 8.25. The van der Waals surface area contributed by atoms with E-state index in [-0.39, 0.29) is 5.91 Å². The molecule has 3 aromatic rings. The lowest BCUT2D eigenvalue weighted by Crippen LogP contribution is -2.36. The van der Waals surface area contributed by atoms with Crippen LogP contribution in [0.15, 0.2) is 67.0 Å². The zero-order chi connectivity index (χ0) is 18.4. The average molecular weight is 347 g/mol. The van der Waals surface area contributed by atoms with Gasteiger partial charge in [-0.2, -0.15) is 0 Å². The monoisotopic (exact) mass is 347 g/mol. The van der Waals surface area contributed by atoms with E-state index < -0.39 is 6.10 Å². The number of nitrogens with one attached hydrogen (secondary N) is 1. The molecule has 1 amide bonds. The van der Waals surface area contributed by atoms with Crippen LogP contribution >= 0.6 is 0 Å². The van der Waals surface area contributed by atoms with Crippen molar-refractivity contribution in [1.82, 2.24) is 15.3 Å². The Morgan fingerprint density at radius 3 is 2.65 bits per heavy atom. The van der Waals surface area contributed by atoms with Gasteiger partial charge in [-0.1, -0.05) is 42.5 Å². The van der Waals surface area contributed by atoms with Gasteiger partial charge in [0.05, 0.1) is 17.9 Å². The fraction of sp³-hybridized carbons (Fsp3) is 0.190. The van der Waals surface area contributed by atoms with Gasteiger partial charge in [-0.25, -0.2) is 9.97 Å². The molecule has 1 unspecified atom stereocenters. The molecule has 0 bridgehead atoms. The van der Waals surface area contributed by atoms with Crippen LogP contribution in [0.2, 0.25) is 0 Å². The minimum Gasteiger partial charge on any atom is -0.481 e. The fourth-order valence-corrected chi connectivity index (χ4v) is 2.53. The molecule has 132 valence electrons. The molecule has 0 saturated carbocycles. The van der Waals surface area contributed by atoms with E-state index in [2.05, 4.69) is 15.3 Å². The second-order valence-corrected chi connectivity index (χ2v) is 6.06. The molecule has 1 N–H and O–H groups in total. The number of rotatable bonds is 6. The number of amides is 1. The van der Waals surface area contributed by atoms with Crippen LogP contribution in [0.5, 0.6) is 5.75 Å². The van der Waals surface area contributed by atoms with Crippen LogP contribution in [-0.4, -0.2) is 22.0 Å². The zero-order valence-electron chi connectivity index (χ0n) is 14.8. The molecule has 0 spiro atoms. The Kier molecular flexibility index (Phi) is 5.59. The van der Waals surface area contributed by atoms with Gasteiger partial charge in [0.25, 0.3) is 5.91 Å². The molecule has 3 rings (SSSR count). The van der Waals surface area contributed by atoms with Crippen LogP contribution in [-0.2, 0) is 11.3 Å². The summed E-state index contributed by atoms with van der Waals surface area (Å²) in [5.41, 5.74) is 3.67. The van der Waals surface area contributed by atoms with E-state index in [0.717, 1.165) is 22.5 Å². The molecule has 26 heavy (non-hydrogen) atoms. The number of nitrogens with zero attached hydrogens (tertiary/aromatic N) is 2. The number of benzene rings is 2. The summed E-state index contributed by atoms with van der Waals surface area (Å²) in [6.07, 6.45) is 0.920.